The van der Waals surface area contributed by atoms with E-state index in [2.05, 4.69) is 11.8 Å². The zero-order valence-electron chi connectivity index (χ0n) is 35.8. The zero-order chi connectivity index (χ0) is 44.2. The Kier molecular flexibility index (Phi) is 23.8. The van der Waals surface area contributed by atoms with Crippen LogP contribution in [0.25, 0.3) is 0 Å². The smallest absolute Gasteiger partial charge is 0.304 e. The summed E-state index contributed by atoms with van der Waals surface area (Å²) < 4.78 is 31.0. The predicted molar refractivity (Wildman–Crippen MR) is 219 cm³/mol. The predicted octanol–water partition coefficient (Wildman–Crippen LogP) is 0.428. The van der Waals surface area contributed by atoms with E-state index in [0.717, 1.165) is 11.1 Å². The fourth-order valence-electron chi connectivity index (χ4n) is 6.05. The van der Waals surface area contributed by atoms with E-state index < -0.39 is 11.8 Å². The molecule has 0 aromatic heterocycles. The van der Waals surface area contributed by atoms with Crippen molar-refractivity contribution < 1.29 is 66.2 Å². The number of methoxy groups -OCH3 is 6. The van der Waals surface area contributed by atoms with E-state index in [4.69, 9.17) is 28.4 Å². The summed E-state index contributed by atoms with van der Waals surface area (Å²) in [7, 11) is 9.08. The highest BCUT2D eigenvalue weighted by Gasteiger charge is 2.34. The van der Waals surface area contributed by atoms with Gasteiger partial charge >= 0.3 is 24.6 Å². The second-order valence-electron chi connectivity index (χ2n) is 14.1. The van der Waals surface area contributed by atoms with Gasteiger partial charge in [0, 0.05) is 53.4 Å². The van der Waals surface area contributed by atoms with Gasteiger partial charge in [0.2, 0.25) is 12.8 Å². The van der Waals surface area contributed by atoms with Crippen molar-refractivity contribution in [1.82, 2.24) is 19.6 Å². The van der Waals surface area contributed by atoms with Gasteiger partial charge in [-0.3, -0.25) is 29.0 Å². The quantitative estimate of drug-likeness (QED) is 0.0432. The maximum absolute atomic E-state index is 14.1. The first-order chi connectivity index (χ1) is 29.0. The molecule has 2 rings (SSSR count). The second-order valence-corrected chi connectivity index (χ2v) is 14.1. The third-order valence-corrected chi connectivity index (χ3v) is 9.86. The Morgan fingerprint density at radius 2 is 0.850 bits per heavy atom. The van der Waals surface area contributed by atoms with E-state index >= 15 is 0 Å². The van der Waals surface area contributed by atoms with Gasteiger partial charge in [-0.25, -0.2) is 18.6 Å². The van der Waals surface area contributed by atoms with Gasteiger partial charge in [0.15, 0.2) is 13.3 Å². The molecule has 0 N–H and O–H groups in total. The lowest BCUT2D eigenvalue weighted by molar-refractivity contribution is -0.856. The van der Waals surface area contributed by atoms with E-state index in [-0.39, 0.29) is 101 Å². The minimum atomic E-state index is -0.847. The molecule has 0 aliphatic carbocycles. The number of carbonyl (C=O) groups is 6. The van der Waals surface area contributed by atoms with Gasteiger partial charge in [-0.1, -0.05) is 24.3 Å². The molecule has 18 heteroatoms. The van der Waals surface area contributed by atoms with Crippen LogP contribution in [0.3, 0.4) is 0 Å². The number of nitrogens with zero attached hydrogens (tertiary/aromatic N) is 6. The number of rotatable bonds is 32. The molecule has 0 bridgehead atoms. The Hall–Kier alpha value is -5.42. The van der Waals surface area contributed by atoms with Gasteiger partial charge in [0.05, 0.1) is 40.6 Å². The molecule has 18 nitrogen and oxygen atoms in total. The molecule has 0 heterocycles. The average Bonchev–Trinajstić information content (AvgIpc) is 3.29. The minimum Gasteiger partial charge on any atom is -0.497 e. The molecule has 0 aliphatic rings. The number of benzene rings is 2. The van der Waals surface area contributed by atoms with Crippen molar-refractivity contribution in [2.24, 2.45) is 0 Å². The number of ether oxygens (including phenoxy) is 6. The van der Waals surface area contributed by atoms with Gasteiger partial charge < -0.3 is 38.2 Å². The monoisotopic (exact) mass is 842 g/mol. The summed E-state index contributed by atoms with van der Waals surface area (Å²) in [5, 5.41) is 0. The van der Waals surface area contributed by atoms with Crippen molar-refractivity contribution in [2.75, 3.05) is 135 Å². The summed E-state index contributed by atoms with van der Waals surface area (Å²) in [5.41, 5.74) is 1.83. The number of quaternary nitrogens is 2. The van der Waals surface area contributed by atoms with Crippen molar-refractivity contribution in [2.45, 2.75) is 12.8 Å². The number of carbonyl (C=O) groups excluding carboxylic acids is 6. The average molecular weight is 843 g/mol. The lowest BCUT2D eigenvalue weighted by atomic mass is 10.1. The van der Waals surface area contributed by atoms with Crippen LogP contribution in [0.1, 0.15) is 11.1 Å². The topological polar surface area (TPSA) is 171 Å². The maximum atomic E-state index is 14.1. The second kappa shape index (κ2) is 28.1. The van der Waals surface area contributed by atoms with Crippen molar-refractivity contribution in [3.8, 4) is 23.3 Å². The first-order valence-electron chi connectivity index (χ1n) is 19.4. The molecule has 0 unspecified atom stereocenters. The Morgan fingerprint density at radius 1 is 0.533 bits per heavy atom. The van der Waals surface area contributed by atoms with Gasteiger partial charge in [0.25, 0.3) is 0 Å². The van der Waals surface area contributed by atoms with Crippen LogP contribution < -0.4 is 9.47 Å². The van der Waals surface area contributed by atoms with Crippen LogP contribution in [-0.4, -0.2) is 201 Å². The first kappa shape index (κ1) is 50.7. The van der Waals surface area contributed by atoms with E-state index in [0.29, 0.717) is 50.0 Å². The summed E-state index contributed by atoms with van der Waals surface area (Å²) in [6, 6.07) is 14.7. The molecule has 330 valence electrons. The molecule has 2 aromatic rings. The van der Waals surface area contributed by atoms with Crippen LogP contribution in [0.5, 0.6) is 11.5 Å². The SMILES string of the molecule is COCC[N+](C=O)(CCOC)CN(CN(C=O)CCc1ccc(OC)cc1)C(=O)C#CC(=O)N(CN(C=O)CCc1ccc(OC)cc1)C[N+](C=O)(CCOC)CCOC. The van der Waals surface area contributed by atoms with E-state index in [1.165, 1.54) is 48.0 Å². The molecular formula is C42H62N6O12+2. The third kappa shape index (κ3) is 17.4. The fraction of sp³-hybridized carbons (Fsp3) is 0.524. The number of hydrogen-bond acceptors (Lipinski definition) is 12. The first-order valence-corrected chi connectivity index (χ1v) is 19.4. The van der Waals surface area contributed by atoms with Gasteiger partial charge in [0.1, 0.15) is 51.0 Å². The molecule has 2 aromatic carbocycles. The Morgan fingerprint density at radius 3 is 1.10 bits per heavy atom. The molecular weight excluding hydrogens is 780 g/mol. The lowest BCUT2D eigenvalue weighted by Crippen LogP contribution is -2.59. The summed E-state index contributed by atoms with van der Waals surface area (Å²) in [4.78, 5) is 83.6. The molecule has 0 aliphatic heterocycles. The van der Waals surface area contributed by atoms with Crippen molar-refractivity contribution in [3.05, 3.63) is 59.7 Å². The van der Waals surface area contributed by atoms with Crippen molar-refractivity contribution in [1.29, 1.82) is 0 Å². The standard InChI is InChI=1S/C42H62N6O12/c1-55-25-21-47(35-51,22-26-56-2)31-45(29-43(33-49)19-17-37-7-11-39(59-5)12-8-37)41(53)15-16-42(54)46(32-48(36-52,23-27-57-3)24-28-58-4)30-44(34-50)20-18-38-9-13-40(60-6)14-10-38/h7-14,33-36H,17-32H2,1-6H3/q+2. The molecule has 0 radical (unpaired) electrons. The highest BCUT2D eigenvalue weighted by molar-refractivity contribution is 6.02. The summed E-state index contributed by atoms with van der Waals surface area (Å²) >= 11 is 0. The Labute approximate surface area is 353 Å². The Balaban J connectivity index is 2.53. The van der Waals surface area contributed by atoms with Crippen LogP contribution in [0.15, 0.2) is 48.5 Å². The number of amides is 6. The summed E-state index contributed by atoms with van der Waals surface area (Å²) in [6.07, 6.45) is 3.47. The zero-order valence-corrected chi connectivity index (χ0v) is 35.8. The highest BCUT2D eigenvalue weighted by atomic mass is 16.5. The minimum absolute atomic E-state index is 0.174. The van der Waals surface area contributed by atoms with E-state index in [1.54, 1.807) is 38.5 Å². The van der Waals surface area contributed by atoms with Crippen LogP contribution in [0.4, 0.5) is 0 Å². The molecule has 0 atom stereocenters. The molecule has 0 spiro atoms. The largest absolute Gasteiger partial charge is 0.497 e. The maximum Gasteiger partial charge on any atom is 0.304 e. The molecule has 0 saturated heterocycles. The van der Waals surface area contributed by atoms with Gasteiger partial charge in [-0.2, -0.15) is 0 Å². The molecule has 6 amide bonds. The Bertz CT molecular complexity index is 1530. The van der Waals surface area contributed by atoms with Gasteiger partial charge in [-0.15, -0.1) is 0 Å². The van der Waals surface area contributed by atoms with E-state index in [1.807, 2.05) is 24.3 Å². The van der Waals surface area contributed by atoms with Gasteiger partial charge in [-0.05, 0) is 48.2 Å². The van der Waals surface area contributed by atoms with Crippen LogP contribution in [0, 0.1) is 11.8 Å². The third-order valence-electron chi connectivity index (χ3n) is 9.86. The van der Waals surface area contributed by atoms with E-state index in [9.17, 15) is 28.8 Å². The lowest BCUT2D eigenvalue weighted by Gasteiger charge is -2.37. The molecule has 0 saturated carbocycles. The van der Waals surface area contributed by atoms with Crippen LogP contribution in [-0.2, 0) is 60.6 Å². The van der Waals surface area contributed by atoms with Crippen LogP contribution >= 0.6 is 0 Å². The fourth-order valence-corrected chi connectivity index (χ4v) is 6.05. The van der Waals surface area contributed by atoms with Crippen molar-refractivity contribution in [3.63, 3.8) is 0 Å². The van der Waals surface area contributed by atoms with Crippen molar-refractivity contribution >= 4 is 37.5 Å². The van der Waals surface area contributed by atoms with Crippen LogP contribution in [0.2, 0.25) is 0 Å². The molecule has 60 heavy (non-hydrogen) atoms. The number of hydrogen-bond donors (Lipinski definition) is 0. The molecule has 0 fully saturated rings. The summed E-state index contributed by atoms with van der Waals surface area (Å²) in [6.45, 7) is 0.841. The highest BCUT2D eigenvalue weighted by Crippen LogP contribution is 2.15. The summed E-state index contributed by atoms with van der Waals surface area (Å²) in [5.74, 6) is 4.51. The normalized spacial score (nSPS) is 11.1.